The molecule has 2 rings (SSSR count). The van der Waals surface area contributed by atoms with Gasteiger partial charge < -0.3 is 24.6 Å². The summed E-state index contributed by atoms with van der Waals surface area (Å²) in [6, 6.07) is 11.5. The third-order valence-electron chi connectivity index (χ3n) is 4.51. The van der Waals surface area contributed by atoms with Gasteiger partial charge in [-0.15, -0.1) is 0 Å². The maximum Gasteiger partial charge on any atom is 0.273 e. The van der Waals surface area contributed by atoms with Crippen LogP contribution in [-0.2, 0) is 25.9 Å². The number of benzene rings is 2. The Labute approximate surface area is 198 Å². The molecule has 0 aliphatic rings. The van der Waals surface area contributed by atoms with E-state index in [1.807, 2.05) is 6.92 Å². The Morgan fingerprint density at radius 3 is 2.35 bits per heavy atom. The van der Waals surface area contributed by atoms with Crippen LogP contribution in [0.4, 0.5) is 4.39 Å². The SMILES string of the molecule is CCCOc1ccc(C(=NOC)C(C)=NOCc2ccccc2C(=NOC)C(=O)NC)c(F)c1. The lowest BCUT2D eigenvalue weighted by atomic mass is 10.0. The Balaban J connectivity index is 2.25. The highest BCUT2D eigenvalue weighted by Crippen LogP contribution is 2.19. The molecule has 34 heavy (non-hydrogen) atoms. The van der Waals surface area contributed by atoms with E-state index < -0.39 is 11.7 Å². The first-order valence-corrected chi connectivity index (χ1v) is 10.6. The molecule has 10 heteroatoms. The lowest BCUT2D eigenvalue weighted by molar-refractivity contribution is -0.114. The van der Waals surface area contributed by atoms with Gasteiger partial charge in [0.05, 0.1) is 6.61 Å². The molecule has 0 unspecified atom stereocenters. The van der Waals surface area contributed by atoms with Gasteiger partial charge in [0, 0.05) is 29.8 Å². The van der Waals surface area contributed by atoms with Crippen molar-refractivity contribution in [3.63, 3.8) is 0 Å². The molecule has 182 valence electrons. The van der Waals surface area contributed by atoms with Crippen molar-refractivity contribution in [2.75, 3.05) is 27.9 Å². The average molecular weight is 473 g/mol. The van der Waals surface area contributed by atoms with Crippen LogP contribution in [0.1, 0.15) is 37.0 Å². The highest BCUT2D eigenvalue weighted by Gasteiger charge is 2.18. The minimum atomic E-state index is -0.532. The molecular weight excluding hydrogens is 443 g/mol. The molecule has 0 radical (unpaired) electrons. The number of halogens is 1. The molecule has 0 aliphatic carbocycles. The van der Waals surface area contributed by atoms with Crippen molar-refractivity contribution in [2.24, 2.45) is 15.5 Å². The number of hydrogen-bond donors (Lipinski definition) is 1. The Morgan fingerprint density at radius 2 is 1.71 bits per heavy atom. The molecule has 0 fully saturated rings. The summed E-state index contributed by atoms with van der Waals surface area (Å²) in [5.74, 6) is -0.521. The summed E-state index contributed by atoms with van der Waals surface area (Å²) in [5.41, 5.74) is 1.91. The Bertz CT molecular complexity index is 1070. The van der Waals surface area contributed by atoms with E-state index in [4.69, 9.17) is 19.2 Å². The van der Waals surface area contributed by atoms with Crippen molar-refractivity contribution in [1.29, 1.82) is 0 Å². The fraction of sp³-hybridized carbons (Fsp3) is 0.333. The summed E-state index contributed by atoms with van der Waals surface area (Å²) in [6.07, 6.45) is 0.813. The van der Waals surface area contributed by atoms with E-state index in [0.29, 0.717) is 23.5 Å². The zero-order chi connectivity index (χ0) is 24.9. The Hall–Kier alpha value is -3.95. The van der Waals surface area contributed by atoms with Gasteiger partial charge in [-0.3, -0.25) is 4.79 Å². The van der Waals surface area contributed by atoms with Crippen LogP contribution in [0.5, 0.6) is 5.75 Å². The van der Waals surface area contributed by atoms with Crippen LogP contribution in [0, 0.1) is 5.82 Å². The quantitative estimate of drug-likeness (QED) is 0.375. The number of ether oxygens (including phenoxy) is 1. The lowest BCUT2D eigenvalue weighted by Gasteiger charge is -2.11. The summed E-state index contributed by atoms with van der Waals surface area (Å²) in [4.78, 5) is 27.4. The summed E-state index contributed by atoms with van der Waals surface area (Å²) < 4.78 is 20.2. The van der Waals surface area contributed by atoms with Gasteiger partial charge in [0.25, 0.3) is 5.91 Å². The molecule has 0 saturated carbocycles. The summed E-state index contributed by atoms with van der Waals surface area (Å²) in [7, 11) is 4.21. The van der Waals surface area contributed by atoms with Crippen LogP contribution >= 0.6 is 0 Å². The minimum absolute atomic E-state index is 0.0137. The molecule has 9 nitrogen and oxygen atoms in total. The predicted molar refractivity (Wildman–Crippen MR) is 128 cm³/mol. The number of carbonyl (C=O) groups is 1. The number of amides is 1. The van der Waals surface area contributed by atoms with Crippen LogP contribution in [0.2, 0.25) is 0 Å². The molecule has 0 bridgehead atoms. The second-order valence-electron chi connectivity index (χ2n) is 6.92. The van der Waals surface area contributed by atoms with Crippen LogP contribution in [0.15, 0.2) is 57.9 Å². The molecule has 1 N–H and O–H groups in total. The van der Waals surface area contributed by atoms with Gasteiger partial charge >= 0.3 is 0 Å². The number of hydrogen-bond acceptors (Lipinski definition) is 8. The molecule has 0 atom stereocenters. The topological polar surface area (TPSA) is 103 Å². The third kappa shape index (κ3) is 7.03. The van der Waals surface area contributed by atoms with Crippen molar-refractivity contribution >= 4 is 23.0 Å². The molecule has 0 aromatic heterocycles. The smallest absolute Gasteiger partial charge is 0.273 e. The second kappa shape index (κ2) is 13.6. The third-order valence-corrected chi connectivity index (χ3v) is 4.51. The highest BCUT2D eigenvalue weighted by molar-refractivity contribution is 6.47. The normalized spacial score (nSPS) is 12.2. The van der Waals surface area contributed by atoms with E-state index >= 15 is 0 Å². The fourth-order valence-corrected chi connectivity index (χ4v) is 2.94. The van der Waals surface area contributed by atoms with Crippen LogP contribution in [-0.4, -0.2) is 50.9 Å². The number of rotatable bonds is 12. The standard InChI is InChI=1S/C24H29FN4O5/c1-6-13-33-18-11-12-20(21(25)14-18)22(28-31-4)16(2)27-34-15-17-9-7-8-10-19(17)23(29-32-5)24(30)26-3/h7-12,14H,6,13,15H2,1-5H3,(H,26,30). The summed E-state index contributed by atoms with van der Waals surface area (Å²) in [5, 5.41) is 14.3. The van der Waals surface area contributed by atoms with E-state index in [2.05, 4.69) is 20.8 Å². The zero-order valence-electron chi connectivity index (χ0n) is 19.9. The lowest BCUT2D eigenvalue weighted by Crippen LogP contribution is -2.29. The van der Waals surface area contributed by atoms with Gasteiger partial charge in [0.15, 0.2) is 5.71 Å². The molecule has 0 heterocycles. The van der Waals surface area contributed by atoms with Gasteiger partial charge in [0.1, 0.15) is 43.8 Å². The van der Waals surface area contributed by atoms with Gasteiger partial charge in [0.2, 0.25) is 0 Å². The minimum Gasteiger partial charge on any atom is -0.494 e. The van der Waals surface area contributed by atoms with E-state index in [1.54, 1.807) is 43.3 Å². The first kappa shape index (κ1) is 26.3. The fourth-order valence-electron chi connectivity index (χ4n) is 2.94. The van der Waals surface area contributed by atoms with Gasteiger partial charge in [-0.25, -0.2) is 4.39 Å². The Morgan fingerprint density at radius 1 is 1.00 bits per heavy atom. The van der Waals surface area contributed by atoms with E-state index in [-0.39, 0.29) is 29.3 Å². The molecular formula is C24H29FN4O5. The number of oxime groups is 3. The highest BCUT2D eigenvalue weighted by atomic mass is 19.1. The van der Waals surface area contributed by atoms with Crippen molar-refractivity contribution in [1.82, 2.24) is 5.32 Å². The van der Waals surface area contributed by atoms with Gasteiger partial charge in [-0.2, -0.15) is 0 Å². The molecule has 2 aromatic rings. The van der Waals surface area contributed by atoms with Crippen LogP contribution in [0.25, 0.3) is 0 Å². The first-order valence-electron chi connectivity index (χ1n) is 10.6. The van der Waals surface area contributed by atoms with Crippen LogP contribution < -0.4 is 10.1 Å². The van der Waals surface area contributed by atoms with Crippen molar-refractivity contribution in [3.8, 4) is 5.75 Å². The largest absolute Gasteiger partial charge is 0.494 e. The number of nitrogens with zero attached hydrogens (tertiary/aromatic N) is 3. The van der Waals surface area contributed by atoms with E-state index in [0.717, 1.165) is 6.42 Å². The maximum atomic E-state index is 14.7. The average Bonchev–Trinajstić information content (AvgIpc) is 2.85. The monoisotopic (exact) mass is 472 g/mol. The second-order valence-corrected chi connectivity index (χ2v) is 6.92. The Kier molecular flexibility index (Phi) is 10.5. The van der Waals surface area contributed by atoms with Gasteiger partial charge in [-0.1, -0.05) is 46.7 Å². The molecule has 0 aliphatic heterocycles. The van der Waals surface area contributed by atoms with Crippen molar-refractivity contribution in [2.45, 2.75) is 26.9 Å². The molecule has 2 aromatic carbocycles. The summed E-state index contributed by atoms with van der Waals surface area (Å²) >= 11 is 0. The van der Waals surface area contributed by atoms with E-state index in [1.165, 1.54) is 27.3 Å². The summed E-state index contributed by atoms with van der Waals surface area (Å²) in [6.45, 7) is 4.09. The van der Waals surface area contributed by atoms with E-state index in [9.17, 15) is 9.18 Å². The zero-order valence-corrected chi connectivity index (χ0v) is 19.9. The maximum absolute atomic E-state index is 14.7. The number of nitrogens with one attached hydrogen (secondary N) is 1. The predicted octanol–water partition coefficient (Wildman–Crippen LogP) is 3.65. The molecule has 0 saturated heterocycles. The van der Waals surface area contributed by atoms with Crippen molar-refractivity contribution in [3.05, 3.63) is 65.0 Å². The molecule has 0 spiro atoms. The van der Waals surface area contributed by atoms with Crippen LogP contribution in [0.3, 0.4) is 0 Å². The molecule has 1 amide bonds. The van der Waals surface area contributed by atoms with Gasteiger partial charge in [-0.05, 0) is 25.5 Å². The first-order chi connectivity index (χ1) is 16.5. The van der Waals surface area contributed by atoms with Crippen molar-refractivity contribution < 1.29 is 28.4 Å². The number of likely N-dealkylation sites (N-methyl/N-ethyl adjacent to an activating group) is 1. The number of carbonyl (C=O) groups excluding carboxylic acids is 1.